The number of hydrogen-bond donors (Lipinski definition) is 6. The lowest BCUT2D eigenvalue weighted by molar-refractivity contribution is 0.136. The molecule has 0 rings (SSSR count). The van der Waals surface area contributed by atoms with Gasteiger partial charge in [-0.25, -0.2) is 0 Å². The third-order valence-corrected chi connectivity index (χ3v) is 5.34. The van der Waals surface area contributed by atoms with Crippen LogP contribution in [0.4, 0.5) is 0 Å². The van der Waals surface area contributed by atoms with Crippen LogP contribution >= 0.6 is 16.0 Å². The fourth-order valence-electron chi connectivity index (χ4n) is 1.05. The largest absolute Gasteiger partial charge is 0.370 e. The molecule has 7 N–H and O–H groups in total. The van der Waals surface area contributed by atoms with Crippen molar-refractivity contribution in [2.24, 2.45) is 5.73 Å². The van der Waals surface area contributed by atoms with Gasteiger partial charge in [-0.15, -0.1) is 0 Å². The molecule has 92 valence electrons. The summed E-state index contributed by atoms with van der Waals surface area (Å²) < 4.78 is 10.9. The van der Waals surface area contributed by atoms with Gasteiger partial charge in [0.15, 0.2) is 0 Å². The zero-order valence-corrected chi connectivity index (χ0v) is 9.94. The van der Waals surface area contributed by atoms with Crippen LogP contribution in [-0.4, -0.2) is 36.3 Å². The molecule has 0 aromatic heterocycles. The Hall–Kier alpha value is 0.420. The molecule has 0 bridgehead atoms. The molecule has 0 aliphatic rings. The van der Waals surface area contributed by atoms with Crippen molar-refractivity contribution < 1.29 is 29.2 Å². The first-order chi connectivity index (χ1) is 6.75. The molecule has 0 radical (unpaired) electrons. The van der Waals surface area contributed by atoms with E-state index in [1.54, 1.807) is 0 Å². The van der Waals surface area contributed by atoms with E-state index in [4.69, 9.17) is 25.3 Å². The molecule has 7 nitrogen and oxygen atoms in total. The number of unbranched alkanes of at least 4 members (excludes halogenated alkanes) is 2. The van der Waals surface area contributed by atoms with E-state index in [9.17, 15) is 9.67 Å². The third-order valence-electron chi connectivity index (χ3n) is 2.00. The quantitative estimate of drug-likeness (QED) is 0.271. The van der Waals surface area contributed by atoms with Crippen LogP contribution in [0.25, 0.3) is 0 Å². The van der Waals surface area contributed by atoms with Crippen LogP contribution in [0, 0.1) is 0 Å². The molecule has 0 aromatic carbocycles. The SMILES string of the molecule is NCCCCCC(O)(P(O)O)P(=O)(O)O. The Labute approximate surface area is 89.0 Å². The van der Waals surface area contributed by atoms with Crippen molar-refractivity contribution in [2.45, 2.75) is 30.8 Å². The van der Waals surface area contributed by atoms with Crippen molar-refractivity contribution in [2.75, 3.05) is 6.54 Å². The highest BCUT2D eigenvalue weighted by atomic mass is 31.2. The highest BCUT2D eigenvalue weighted by Crippen LogP contribution is 2.65. The molecule has 0 aliphatic carbocycles. The maximum atomic E-state index is 10.9. The van der Waals surface area contributed by atoms with Gasteiger partial charge in [-0.3, -0.25) is 4.57 Å². The van der Waals surface area contributed by atoms with Crippen LogP contribution in [0.3, 0.4) is 0 Å². The molecule has 0 saturated carbocycles. The van der Waals surface area contributed by atoms with Gasteiger partial charge < -0.3 is 30.4 Å². The molecule has 15 heavy (non-hydrogen) atoms. The second-order valence-electron chi connectivity index (χ2n) is 3.21. The lowest BCUT2D eigenvalue weighted by Gasteiger charge is -2.29. The van der Waals surface area contributed by atoms with Crippen molar-refractivity contribution in [3.8, 4) is 0 Å². The zero-order chi connectivity index (χ0) is 12.1. The average Bonchev–Trinajstić information content (AvgIpc) is 2.09. The summed E-state index contributed by atoms with van der Waals surface area (Å²) in [7, 11) is -8.03. The Morgan fingerprint density at radius 1 is 1.20 bits per heavy atom. The van der Waals surface area contributed by atoms with Crippen LogP contribution in [0.5, 0.6) is 0 Å². The van der Waals surface area contributed by atoms with E-state index in [0.717, 1.165) is 0 Å². The predicted molar refractivity (Wildman–Crippen MR) is 55.9 cm³/mol. The van der Waals surface area contributed by atoms with E-state index in [1.807, 2.05) is 0 Å². The lowest BCUT2D eigenvalue weighted by atomic mass is 10.2. The van der Waals surface area contributed by atoms with Gasteiger partial charge in [-0.1, -0.05) is 6.42 Å². The highest BCUT2D eigenvalue weighted by molar-refractivity contribution is 7.69. The number of rotatable bonds is 7. The fourth-order valence-corrected chi connectivity index (χ4v) is 2.79. The summed E-state index contributed by atoms with van der Waals surface area (Å²) >= 11 is 0. The minimum Gasteiger partial charge on any atom is -0.370 e. The highest BCUT2D eigenvalue weighted by Gasteiger charge is 2.51. The average molecular weight is 261 g/mol. The third kappa shape index (κ3) is 4.43. The molecule has 0 amide bonds. The summed E-state index contributed by atoms with van der Waals surface area (Å²) in [5, 5.41) is 6.75. The molecule has 1 unspecified atom stereocenters. The van der Waals surface area contributed by atoms with E-state index in [1.165, 1.54) is 0 Å². The van der Waals surface area contributed by atoms with Crippen molar-refractivity contribution >= 4 is 16.0 Å². The molecule has 0 aliphatic heterocycles. The molecule has 9 heteroatoms. The molecule has 0 saturated heterocycles. The van der Waals surface area contributed by atoms with E-state index < -0.39 is 21.1 Å². The van der Waals surface area contributed by atoms with E-state index in [-0.39, 0.29) is 12.8 Å². The van der Waals surface area contributed by atoms with Gasteiger partial charge in [0, 0.05) is 0 Å². The maximum absolute atomic E-state index is 10.9. The van der Waals surface area contributed by atoms with Crippen molar-refractivity contribution in [3.63, 3.8) is 0 Å². The van der Waals surface area contributed by atoms with Gasteiger partial charge in [-0.05, 0) is 25.8 Å². The van der Waals surface area contributed by atoms with Crippen molar-refractivity contribution in [1.29, 1.82) is 0 Å². The fraction of sp³-hybridized carbons (Fsp3) is 1.00. The molecular weight excluding hydrogens is 244 g/mol. The van der Waals surface area contributed by atoms with Crippen molar-refractivity contribution in [3.05, 3.63) is 0 Å². The molecule has 0 aromatic rings. The van der Waals surface area contributed by atoms with Crippen LogP contribution in [0.2, 0.25) is 0 Å². The van der Waals surface area contributed by atoms with Gasteiger partial charge in [0.25, 0.3) is 0 Å². The first-order valence-corrected chi connectivity index (χ1v) is 7.27. The second kappa shape index (κ2) is 6.23. The first-order valence-electron chi connectivity index (χ1n) is 4.42. The summed E-state index contributed by atoms with van der Waals surface area (Å²) in [6.07, 6.45) is 1.16. The Morgan fingerprint density at radius 2 is 1.73 bits per heavy atom. The molecule has 0 heterocycles. The van der Waals surface area contributed by atoms with Crippen LogP contribution in [0.15, 0.2) is 0 Å². The van der Waals surface area contributed by atoms with Gasteiger partial charge in [0.2, 0.25) is 13.5 Å². The van der Waals surface area contributed by atoms with Gasteiger partial charge in [0.1, 0.15) is 0 Å². The Morgan fingerprint density at radius 3 is 2.07 bits per heavy atom. The van der Waals surface area contributed by atoms with Crippen molar-refractivity contribution in [1.82, 2.24) is 0 Å². The summed E-state index contributed by atoms with van der Waals surface area (Å²) in [4.78, 5) is 35.2. The van der Waals surface area contributed by atoms with Crippen LogP contribution in [0.1, 0.15) is 25.7 Å². The maximum Gasteiger partial charge on any atom is 0.366 e. The molecule has 0 spiro atoms. The molecular formula is C6H17NO6P2. The lowest BCUT2D eigenvalue weighted by Crippen LogP contribution is -2.26. The summed E-state index contributed by atoms with van der Waals surface area (Å²) in [6.45, 7) is 0.446. The molecule has 1 atom stereocenters. The van der Waals surface area contributed by atoms with E-state index >= 15 is 0 Å². The normalized spacial score (nSPS) is 16.7. The van der Waals surface area contributed by atoms with Gasteiger partial charge in [0.05, 0.1) is 0 Å². The standard InChI is InChI=1S/C6H17NO6P2/c7-5-3-1-2-4-6(8,14(9)10)15(11,12)13/h8-10H,1-5,7H2,(H2,11,12,13). The molecule has 0 fully saturated rings. The van der Waals surface area contributed by atoms with E-state index in [0.29, 0.717) is 19.4 Å². The van der Waals surface area contributed by atoms with E-state index in [2.05, 4.69) is 0 Å². The Bertz CT molecular complexity index is 232. The summed E-state index contributed by atoms with van der Waals surface area (Å²) in [5.41, 5.74) is 5.21. The van der Waals surface area contributed by atoms with Crippen LogP contribution < -0.4 is 5.73 Å². The Kier molecular flexibility index (Phi) is 6.40. The second-order valence-corrected chi connectivity index (χ2v) is 6.71. The topological polar surface area (TPSA) is 144 Å². The summed E-state index contributed by atoms with van der Waals surface area (Å²) in [6, 6.07) is 0. The predicted octanol–water partition coefficient (Wildman–Crippen LogP) is -0.374. The smallest absolute Gasteiger partial charge is 0.366 e. The number of nitrogens with two attached hydrogens (primary N) is 1. The van der Waals surface area contributed by atoms with Crippen LogP contribution in [-0.2, 0) is 4.57 Å². The zero-order valence-electron chi connectivity index (χ0n) is 8.15. The number of hydrogen-bond acceptors (Lipinski definition) is 5. The summed E-state index contributed by atoms with van der Waals surface area (Å²) in [5.74, 6) is 0. The first kappa shape index (κ1) is 15.4. The minimum absolute atomic E-state index is 0.277. The minimum atomic E-state index is -4.94. The monoisotopic (exact) mass is 261 g/mol. The van der Waals surface area contributed by atoms with Gasteiger partial charge >= 0.3 is 7.60 Å². The Balaban J connectivity index is 4.35. The number of aliphatic hydroxyl groups is 1. The van der Waals surface area contributed by atoms with Gasteiger partial charge in [-0.2, -0.15) is 0 Å².